The highest BCUT2D eigenvalue weighted by atomic mass is 35.5. The molecule has 1 aliphatic rings. The zero-order valence-corrected chi connectivity index (χ0v) is 44.6. The van der Waals surface area contributed by atoms with Crippen LogP contribution in [0.3, 0.4) is 0 Å². The standard InChI is InChI=1S/C55H68Cl2N8O9/c1-35(58-30-39-15-20-42(57)28-49(39)74-44-21-16-38(17-22-44)48-31-59-50(64(48)5)32-62(2)3)53(69)61-46(33-72-7)55(71)63(4)43(26-37-13-18-41(56)19-14-37)29-51(66)60-45-34-73-24-23-47(45)65(6)54(70)40(27-52(67)68)25-36-11-9-8-10-12-36/h8-22,28,31,35,40,43,45-47,58H,23-27,29-30,32-34H2,1-7H3,(H,60,66)(H,61,69)(H,67,68)/t35-,40+,43-,45?,46-,47?/m0/s1. The van der Waals surface area contributed by atoms with Crippen LogP contribution in [0.2, 0.25) is 10.0 Å². The number of methoxy groups -OCH3 is 1. The molecule has 1 fully saturated rings. The van der Waals surface area contributed by atoms with Gasteiger partial charge in [0, 0.05) is 75.0 Å². The molecule has 0 radical (unpaired) electrons. The molecule has 2 unspecified atom stereocenters. The third kappa shape index (κ3) is 16.1. The molecule has 5 aromatic rings. The number of nitrogens with one attached hydrogen (secondary N) is 3. The number of nitrogens with zero attached hydrogens (tertiary/aromatic N) is 5. The fourth-order valence-corrected chi connectivity index (χ4v) is 9.30. The van der Waals surface area contributed by atoms with Crippen LogP contribution in [-0.2, 0) is 66.4 Å². The minimum Gasteiger partial charge on any atom is -0.481 e. The zero-order valence-electron chi connectivity index (χ0n) is 43.1. The molecule has 0 spiro atoms. The van der Waals surface area contributed by atoms with Gasteiger partial charge in [0.25, 0.3) is 0 Å². The smallest absolute Gasteiger partial charge is 0.304 e. The van der Waals surface area contributed by atoms with E-state index < -0.39 is 59.8 Å². The highest BCUT2D eigenvalue weighted by Gasteiger charge is 2.37. The zero-order chi connectivity index (χ0) is 53.5. The van der Waals surface area contributed by atoms with E-state index in [1.165, 1.54) is 16.9 Å². The summed E-state index contributed by atoms with van der Waals surface area (Å²) in [5.74, 6) is -1.57. The number of carboxylic acids is 1. The normalized spacial score (nSPS) is 16.1. The van der Waals surface area contributed by atoms with E-state index in [4.69, 9.17) is 37.4 Å². The lowest BCUT2D eigenvalue weighted by Gasteiger charge is -2.40. The van der Waals surface area contributed by atoms with Gasteiger partial charge < -0.3 is 54.5 Å². The fraction of sp³-hybridized carbons (Fsp3) is 0.418. The monoisotopic (exact) mass is 1050 g/mol. The van der Waals surface area contributed by atoms with Gasteiger partial charge in [-0.1, -0.05) is 71.7 Å². The molecule has 0 saturated carbocycles. The van der Waals surface area contributed by atoms with E-state index in [1.807, 2.05) is 100 Å². The van der Waals surface area contributed by atoms with Crippen molar-refractivity contribution in [3.05, 3.63) is 136 Å². The summed E-state index contributed by atoms with van der Waals surface area (Å²) < 4.78 is 19.6. The largest absolute Gasteiger partial charge is 0.481 e. The maximum absolute atomic E-state index is 14.4. The number of aliphatic carboxylic acids is 1. The molecule has 6 atom stereocenters. The molecule has 4 amide bonds. The number of hydrogen-bond acceptors (Lipinski definition) is 11. The van der Waals surface area contributed by atoms with E-state index in [0.29, 0.717) is 41.1 Å². The number of aromatic nitrogens is 2. The molecule has 0 bridgehead atoms. The number of carbonyl (C=O) groups excluding carboxylic acids is 4. The number of carbonyl (C=O) groups is 5. The van der Waals surface area contributed by atoms with Crippen LogP contribution in [-0.4, -0.2) is 144 Å². The SMILES string of the molecule is COC[C@H](NC(=O)[C@H](C)NCc1ccc(Cl)cc1Oc1ccc(-c2cnc(CN(C)C)n2C)cc1)C(=O)N(C)[C@H](CC(=O)NC1COCCC1N(C)C(=O)[C@@H](CC(=O)O)Cc1ccccc1)Cc1ccc(Cl)cc1. The second kappa shape index (κ2) is 27.3. The van der Waals surface area contributed by atoms with Crippen LogP contribution < -0.4 is 20.7 Å². The Morgan fingerprint density at radius 2 is 1.57 bits per heavy atom. The Hall–Kier alpha value is -6.34. The summed E-state index contributed by atoms with van der Waals surface area (Å²) in [6.07, 6.45) is 2.27. The number of ether oxygens (including phenoxy) is 3. The highest BCUT2D eigenvalue weighted by molar-refractivity contribution is 6.31. The lowest BCUT2D eigenvalue weighted by Crippen LogP contribution is -2.59. The average Bonchev–Trinajstić information content (AvgIpc) is 3.73. The summed E-state index contributed by atoms with van der Waals surface area (Å²) in [5, 5.41) is 19.9. The van der Waals surface area contributed by atoms with Crippen LogP contribution in [0, 0.1) is 5.92 Å². The Bertz CT molecular complexity index is 2670. The summed E-state index contributed by atoms with van der Waals surface area (Å²) in [6.45, 7) is 2.92. The van der Waals surface area contributed by atoms with Crippen LogP contribution >= 0.6 is 23.2 Å². The molecule has 1 aliphatic heterocycles. The minimum absolute atomic E-state index is 0.118. The molecular weight excluding hydrogens is 988 g/mol. The van der Waals surface area contributed by atoms with E-state index in [0.717, 1.165) is 33.8 Å². The summed E-state index contributed by atoms with van der Waals surface area (Å²) in [6, 6.07) is 25.6. The topological polar surface area (TPSA) is 197 Å². The Morgan fingerprint density at radius 3 is 2.24 bits per heavy atom. The summed E-state index contributed by atoms with van der Waals surface area (Å²) in [4.78, 5) is 77.9. The lowest BCUT2D eigenvalue weighted by atomic mass is 9.92. The summed E-state index contributed by atoms with van der Waals surface area (Å²) in [7, 11) is 10.6. The third-order valence-corrected chi connectivity index (χ3v) is 13.7. The van der Waals surface area contributed by atoms with Crippen molar-refractivity contribution in [1.29, 1.82) is 0 Å². The van der Waals surface area contributed by atoms with Crippen molar-refractivity contribution in [2.24, 2.45) is 13.0 Å². The number of imidazole rings is 1. The van der Waals surface area contributed by atoms with Crippen LogP contribution in [0.4, 0.5) is 0 Å². The molecule has 17 nitrogen and oxygen atoms in total. The number of rotatable bonds is 25. The van der Waals surface area contributed by atoms with Gasteiger partial charge in [-0.25, -0.2) is 4.98 Å². The summed E-state index contributed by atoms with van der Waals surface area (Å²) in [5.41, 5.74) is 4.34. The number of hydrogen-bond donors (Lipinski definition) is 4. The maximum Gasteiger partial charge on any atom is 0.304 e. The second-order valence-electron chi connectivity index (χ2n) is 19.0. The lowest BCUT2D eigenvalue weighted by molar-refractivity contribution is -0.146. The van der Waals surface area contributed by atoms with Crippen molar-refractivity contribution in [1.82, 2.24) is 40.2 Å². The van der Waals surface area contributed by atoms with Crippen molar-refractivity contribution in [2.75, 3.05) is 55.1 Å². The van der Waals surface area contributed by atoms with Crippen LogP contribution in [0.25, 0.3) is 11.3 Å². The average molecular weight is 1060 g/mol. The van der Waals surface area contributed by atoms with Crippen LogP contribution in [0.5, 0.6) is 11.5 Å². The molecule has 6 rings (SSSR count). The van der Waals surface area contributed by atoms with Gasteiger partial charge in [0.2, 0.25) is 23.6 Å². The van der Waals surface area contributed by atoms with E-state index in [9.17, 15) is 29.1 Å². The Morgan fingerprint density at radius 1 is 0.878 bits per heavy atom. The number of likely N-dealkylation sites (N-methyl/N-ethyl adjacent to an activating group) is 2. The molecule has 1 aromatic heterocycles. The van der Waals surface area contributed by atoms with E-state index in [1.54, 1.807) is 45.3 Å². The fourth-order valence-electron chi connectivity index (χ4n) is 9.01. The van der Waals surface area contributed by atoms with Gasteiger partial charge >= 0.3 is 5.97 Å². The van der Waals surface area contributed by atoms with Gasteiger partial charge in [-0.2, -0.15) is 0 Å². The molecule has 4 N–H and O–H groups in total. The molecule has 19 heteroatoms. The van der Waals surface area contributed by atoms with Gasteiger partial charge in [-0.15, -0.1) is 0 Å². The molecule has 1 saturated heterocycles. The molecule has 0 aliphatic carbocycles. The maximum atomic E-state index is 14.4. The van der Waals surface area contributed by atoms with E-state index in [2.05, 4.69) is 30.4 Å². The third-order valence-electron chi connectivity index (χ3n) is 13.2. The summed E-state index contributed by atoms with van der Waals surface area (Å²) >= 11 is 12.6. The predicted molar refractivity (Wildman–Crippen MR) is 284 cm³/mol. The van der Waals surface area contributed by atoms with Gasteiger partial charge in [0.05, 0.1) is 62.1 Å². The number of halogens is 2. The van der Waals surface area contributed by atoms with Gasteiger partial charge in [-0.05, 0) is 99.9 Å². The molecule has 74 heavy (non-hydrogen) atoms. The van der Waals surface area contributed by atoms with Crippen molar-refractivity contribution in [3.63, 3.8) is 0 Å². The first-order valence-corrected chi connectivity index (χ1v) is 25.3. The van der Waals surface area contributed by atoms with Crippen LogP contribution in [0.15, 0.2) is 103 Å². The van der Waals surface area contributed by atoms with Crippen molar-refractivity contribution < 1.29 is 43.3 Å². The number of carboxylic acid groups (broad SMARTS) is 1. The molecule has 2 heterocycles. The van der Waals surface area contributed by atoms with Crippen LogP contribution in [0.1, 0.15) is 48.7 Å². The van der Waals surface area contributed by atoms with E-state index in [-0.39, 0.29) is 51.3 Å². The van der Waals surface area contributed by atoms with Crippen molar-refractivity contribution >= 4 is 52.8 Å². The molecule has 396 valence electrons. The first-order chi connectivity index (χ1) is 35.4. The molecular formula is C55H68Cl2N8O9. The first-order valence-electron chi connectivity index (χ1n) is 24.6. The quantitative estimate of drug-likeness (QED) is 0.0504. The molecule has 4 aromatic carbocycles. The Balaban J connectivity index is 1.10. The predicted octanol–water partition coefficient (Wildman–Crippen LogP) is 6.38. The second-order valence-corrected chi connectivity index (χ2v) is 19.9. The van der Waals surface area contributed by atoms with Gasteiger partial charge in [-0.3, -0.25) is 24.0 Å². The van der Waals surface area contributed by atoms with E-state index >= 15 is 0 Å². The highest BCUT2D eigenvalue weighted by Crippen LogP contribution is 2.31. The Kier molecular flexibility index (Phi) is 21.0. The number of benzene rings is 4. The van der Waals surface area contributed by atoms with Gasteiger partial charge in [0.1, 0.15) is 23.4 Å². The number of amides is 4. The van der Waals surface area contributed by atoms with Crippen molar-refractivity contribution in [3.8, 4) is 22.8 Å². The first kappa shape index (κ1) is 56.9. The van der Waals surface area contributed by atoms with Gasteiger partial charge in [0.15, 0.2) is 0 Å². The minimum atomic E-state index is -1.12. The Labute approximate surface area is 443 Å². The van der Waals surface area contributed by atoms with Crippen molar-refractivity contribution in [2.45, 2.75) is 82.3 Å².